The summed E-state index contributed by atoms with van der Waals surface area (Å²) >= 11 is 0.868. The molecular formula is C14H12N4O3S. The van der Waals surface area contributed by atoms with E-state index in [4.69, 9.17) is 0 Å². The Morgan fingerprint density at radius 2 is 2.23 bits per heavy atom. The molecule has 112 valence electrons. The lowest BCUT2D eigenvalue weighted by atomic mass is 10.3. The molecule has 0 saturated carbocycles. The van der Waals surface area contributed by atoms with Gasteiger partial charge in [-0.05, 0) is 18.2 Å². The number of hydrogen-bond acceptors (Lipinski definition) is 5. The molecule has 0 aromatic carbocycles. The standard InChI is InChI=1S/C14H12N4O3S/c19-14(11-4-5-13(22-11)18(20)21)15-7-6-10-9-17-8-2-1-3-12(17)16-10/h1-5,8-9H,6-7H2,(H,15,19). The molecule has 22 heavy (non-hydrogen) atoms. The lowest BCUT2D eigenvalue weighted by molar-refractivity contribution is -0.380. The summed E-state index contributed by atoms with van der Waals surface area (Å²) in [7, 11) is 0. The third-order valence-corrected chi connectivity index (χ3v) is 4.11. The van der Waals surface area contributed by atoms with E-state index in [9.17, 15) is 14.9 Å². The second kappa shape index (κ2) is 5.94. The fraction of sp³-hybridized carbons (Fsp3) is 0.143. The Hall–Kier alpha value is -2.74. The first kappa shape index (κ1) is 14.2. The molecule has 0 unspecified atom stereocenters. The van der Waals surface area contributed by atoms with E-state index in [1.54, 1.807) is 0 Å². The number of carbonyl (C=O) groups is 1. The van der Waals surface area contributed by atoms with Crippen LogP contribution in [0.3, 0.4) is 0 Å². The molecule has 3 aromatic rings. The van der Waals surface area contributed by atoms with E-state index in [-0.39, 0.29) is 10.9 Å². The average molecular weight is 316 g/mol. The number of thiophene rings is 1. The number of hydrogen-bond donors (Lipinski definition) is 1. The van der Waals surface area contributed by atoms with Gasteiger partial charge in [0.1, 0.15) is 5.65 Å². The SMILES string of the molecule is O=C(NCCc1cn2ccccc2n1)c1ccc([N+](=O)[O-])s1. The Bertz CT molecular complexity index is 806. The molecule has 0 aliphatic heterocycles. The molecule has 1 amide bonds. The number of nitrogens with zero attached hydrogens (tertiary/aromatic N) is 3. The summed E-state index contributed by atoms with van der Waals surface area (Å²) in [6.07, 6.45) is 4.42. The Morgan fingerprint density at radius 3 is 2.95 bits per heavy atom. The quantitative estimate of drug-likeness (QED) is 0.577. The van der Waals surface area contributed by atoms with Crippen molar-refractivity contribution in [3.8, 4) is 0 Å². The maximum absolute atomic E-state index is 11.9. The van der Waals surface area contributed by atoms with Gasteiger partial charge in [-0.25, -0.2) is 4.98 Å². The lowest BCUT2D eigenvalue weighted by Crippen LogP contribution is -2.24. The third-order valence-electron chi connectivity index (χ3n) is 3.08. The zero-order chi connectivity index (χ0) is 15.5. The fourth-order valence-electron chi connectivity index (χ4n) is 2.05. The largest absolute Gasteiger partial charge is 0.351 e. The van der Waals surface area contributed by atoms with E-state index in [2.05, 4.69) is 10.3 Å². The highest BCUT2D eigenvalue weighted by molar-refractivity contribution is 7.17. The minimum absolute atomic E-state index is 0.0366. The number of aromatic nitrogens is 2. The summed E-state index contributed by atoms with van der Waals surface area (Å²) in [6.45, 7) is 0.425. The van der Waals surface area contributed by atoms with Gasteiger partial charge in [0.15, 0.2) is 0 Å². The Labute approximate surface area is 129 Å². The molecule has 0 aliphatic carbocycles. The number of amides is 1. The molecule has 3 rings (SSSR count). The van der Waals surface area contributed by atoms with Gasteiger partial charge in [0.2, 0.25) is 0 Å². The predicted octanol–water partition coefficient (Wildman–Crippen LogP) is 2.28. The summed E-state index contributed by atoms with van der Waals surface area (Å²) < 4.78 is 1.92. The second-order valence-electron chi connectivity index (χ2n) is 4.60. The van der Waals surface area contributed by atoms with Crippen molar-refractivity contribution in [1.82, 2.24) is 14.7 Å². The van der Waals surface area contributed by atoms with Gasteiger partial charge in [-0.3, -0.25) is 14.9 Å². The second-order valence-corrected chi connectivity index (χ2v) is 5.66. The topological polar surface area (TPSA) is 89.5 Å². The molecular weight excluding hydrogens is 304 g/mol. The van der Waals surface area contributed by atoms with Crippen molar-refractivity contribution in [3.05, 3.63) is 63.4 Å². The van der Waals surface area contributed by atoms with Crippen LogP contribution in [0.25, 0.3) is 5.65 Å². The first-order valence-corrected chi connectivity index (χ1v) is 7.40. The van der Waals surface area contributed by atoms with Crippen molar-refractivity contribution in [2.75, 3.05) is 6.54 Å². The molecule has 8 heteroatoms. The number of nitro groups is 1. The normalized spacial score (nSPS) is 10.7. The molecule has 0 atom stereocenters. The van der Waals surface area contributed by atoms with Crippen LogP contribution in [-0.4, -0.2) is 26.8 Å². The number of fused-ring (bicyclic) bond motifs is 1. The maximum Gasteiger partial charge on any atom is 0.324 e. The van der Waals surface area contributed by atoms with E-state index < -0.39 is 4.92 Å². The van der Waals surface area contributed by atoms with E-state index in [0.29, 0.717) is 17.8 Å². The first-order valence-electron chi connectivity index (χ1n) is 6.58. The van der Waals surface area contributed by atoms with Gasteiger partial charge in [-0.1, -0.05) is 17.4 Å². The van der Waals surface area contributed by atoms with Crippen LogP contribution >= 0.6 is 11.3 Å². The van der Waals surface area contributed by atoms with Crippen LogP contribution in [0.15, 0.2) is 42.7 Å². The number of pyridine rings is 1. The fourth-order valence-corrected chi connectivity index (χ4v) is 2.78. The van der Waals surface area contributed by atoms with Crippen molar-refractivity contribution in [3.63, 3.8) is 0 Å². The van der Waals surface area contributed by atoms with Crippen LogP contribution in [-0.2, 0) is 6.42 Å². The Balaban J connectivity index is 1.57. The highest BCUT2D eigenvalue weighted by Gasteiger charge is 2.14. The van der Waals surface area contributed by atoms with Crippen molar-refractivity contribution in [1.29, 1.82) is 0 Å². The molecule has 0 bridgehead atoms. The van der Waals surface area contributed by atoms with Crippen LogP contribution in [0.5, 0.6) is 0 Å². The molecule has 0 saturated heterocycles. The van der Waals surface area contributed by atoms with Crippen LogP contribution in [0.4, 0.5) is 5.00 Å². The van der Waals surface area contributed by atoms with E-state index in [0.717, 1.165) is 22.7 Å². The lowest BCUT2D eigenvalue weighted by Gasteiger charge is -2.00. The van der Waals surface area contributed by atoms with Crippen molar-refractivity contribution < 1.29 is 9.72 Å². The van der Waals surface area contributed by atoms with Crippen molar-refractivity contribution >= 4 is 27.9 Å². The van der Waals surface area contributed by atoms with Crippen LogP contribution in [0.1, 0.15) is 15.4 Å². The highest BCUT2D eigenvalue weighted by atomic mass is 32.1. The summed E-state index contributed by atoms with van der Waals surface area (Å²) in [5.41, 5.74) is 1.74. The number of nitrogens with one attached hydrogen (secondary N) is 1. The van der Waals surface area contributed by atoms with Crippen molar-refractivity contribution in [2.45, 2.75) is 6.42 Å². The predicted molar refractivity (Wildman–Crippen MR) is 82.2 cm³/mol. The molecule has 0 spiro atoms. The van der Waals surface area contributed by atoms with E-state index in [1.165, 1.54) is 12.1 Å². The molecule has 0 aliphatic rings. The van der Waals surface area contributed by atoms with Gasteiger partial charge in [0, 0.05) is 31.4 Å². The van der Waals surface area contributed by atoms with Gasteiger partial charge in [0.25, 0.3) is 5.91 Å². The monoisotopic (exact) mass is 316 g/mol. The van der Waals surface area contributed by atoms with Gasteiger partial charge < -0.3 is 9.72 Å². The zero-order valence-electron chi connectivity index (χ0n) is 11.4. The van der Waals surface area contributed by atoms with Crippen molar-refractivity contribution in [2.24, 2.45) is 0 Å². The van der Waals surface area contributed by atoms with Gasteiger partial charge in [0.05, 0.1) is 15.5 Å². The Kier molecular flexibility index (Phi) is 3.84. The summed E-state index contributed by atoms with van der Waals surface area (Å²) in [5, 5.41) is 13.3. The molecule has 0 fully saturated rings. The van der Waals surface area contributed by atoms with Crippen LogP contribution in [0.2, 0.25) is 0 Å². The zero-order valence-corrected chi connectivity index (χ0v) is 12.2. The van der Waals surface area contributed by atoms with E-state index in [1.807, 2.05) is 35.0 Å². The molecule has 1 N–H and O–H groups in total. The van der Waals surface area contributed by atoms with Gasteiger partial charge in [-0.2, -0.15) is 0 Å². The summed E-state index contributed by atoms with van der Waals surface area (Å²) in [4.78, 5) is 26.8. The minimum Gasteiger partial charge on any atom is -0.351 e. The average Bonchev–Trinajstić information content (AvgIpc) is 3.13. The number of carbonyl (C=O) groups excluding carboxylic acids is 1. The highest BCUT2D eigenvalue weighted by Crippen LogP contribution is 2.23. The smallest absolute Gasteiger partial charge is 0.324 e. The number of rotatable bonds is 5. The minimum atomic E-state index is -0.502. The maximum atomic E-state index is 11.9. The third kappa shape index (κ3) is 2.96. The van der Waals surface area contributed by atoms with Crippen LogP contribution < -0.4 is 5.32 Å². The number of imidazole rings is 1. The molecule has 0 radical (unpaired) electrons. The summed E-state index contributed by atoms with van der Waals surface area (Å²) in [5.74, 6) is -0.304. The molecule has 7 nitrogen and oxygen atoms in total. The van der Waals surface area contributed by atoms with Crippen LogP contribution in [0, 0.1) is 10.1 Å². The summed E-state index contributed by atoms with van der Waals surface area (Å²) in [6, 6.07) is 8.54. The molecule has 3 heterocycles. The van der Waals surface area contributed by atoms with Gasteiger partial charge in [-0.15, -0.1) is 0 Å². The molecule has 3 aromatic heterocycles. The van der Waals surface area contributed by atoms with Gasteiger partial charge >= 0.3 is 5.00 Å². The first-order chi connectivity index (χ1) is 10.6. The Morgan fingerprint density at radius 1 is 1.36 bits per heavy atom. The van der Waals surface area contributed by atoms with E-state index >= 15 is 0 Å².